The van der Waals surface area contributed by atoms with Crippen LogP contribution in [0.1, 0.15) is 20.7 Å². The molecule has 0 atom stereocenters. The highest BCUT2D eigenvalue weighted by Gasteiger charge is 2.26. The number of amides is 2. The SMILES string of the molecule is COc1cc(C(=O)N2CCN(C(=O)c3cncc(Cl)c3)CC2)ccc1N[SH](=O)=O. The van der Waals surface area contributed by atoms with Gasteiger partial charge in [0.25, 0.3) is 11.8 Å². The molecule has 1 saturated heterocycles. The predicted molar refractivity (Wildman–Crippen MR) is 108 cm³/mol. The number of methoxy groups -OCH3 is 1. The average molecular weight is 439 g/mol. The smallest absolute Gasteiger partial charge is 0.255 e. The van der Waals surface area contributed by atoms with E-state index in [0.29, 0.717) is 42.3 Å². The zero-order chi connectivity index (χ0) is 21.0. The maximum Gasteiger partial charge on any atom is 0.255 e. The topological polar surface area (TPSA) is 109 Å². The molecule has 1 aromatic carbocycles. The number of ether oxygens (including phenoxy) is 1. The van der Waals surface area contributed by atoms with Crippen molar-refractivity contribution < 1.29 is 22.7 Å². The zero-order valence-electron chi connectivity index (χ0n) is 15.5. The van der Waals surface area contributed by atoms with Gasteiger partial charge in [-0.3, -0.25) is 19.3 Å². The van der Waals surface area contributed by atoms with Crippen LogP contribution in [-0.2, 0) is 10.9 Å². The van der Waals surface area contributed by atoms with Crippen LogP contribution < -0.4 is 9.46 Å². The Morgan fingerprint density at radius 3 is 2.21 bits per heavy atom. The number of thiol groups is 1. The molecule has 2 amide bonds. The Hall–Kier alpha value is -2.85. The van der Waals surface area contributed by atoms with Gasteiger partial charge in [-0.25, -0.2) is 8.42 Å². The summed E-state index contributed by atoms with van der Waals surface area (Å²) in [5.41, 5.74) is 1.03. The fraction of sp³-hybridized carbons (Fsp3) is 0.278. The minimum absolute atomic E-state index is 0.184. The number of nitrogens with zero attached hydrogens (tertiary/aromatic N) is 3. The molecular weight excluding hydrogens is 420 g/mol. The van der Waals surface area contributed by atoms with E-state index >= 15 is 0 Å². The normalized spacial score (nSPS) is 14.0. The number of piperazine rings is 1. The molecule has 1 aliphatic heterocycles. The number of anilines is 1. The molecule has 2 heterocycles. The first-order chi connectivity index (χ1) is 13.9. The summed E-state index contributed by atoms with van der Waals surface area (Å²) in [5, 5.41) is 0.387. The van der Waals surface area contributed by atoms with Crippen LogP contribution in [0.15, 0.2) is 36.7 Å². The molecule has 11 heteroatoms. The van der Waals surface area contributed by atoms with Crippen molar-refractivity contribution in [2.75, 3.05) is 38.0 Å². The van der Waals surface area contributed by atoms with Crippen LogP contribution in [0.5, 0.6) is 5.75 Å². The summed E-state index contributed by atoms with van der Waals surface area (Å²) in [6.45, 7) is 1.50. The summed E-state index contributed by atoms with van der Waals surface area (Å²) < 4.78 is 29.1. The maximum atomic E-state index is 12.8. The number of aromatic nitrogens is 1. The number of carbonyl (C=O) groups excluding carboxylic acids is 2. The van der Waals surface area contributed by atoms with E-state index in [0.717, 1.165) is 0 Å². The molecule has 29 heavy (non-hydrogen) atoms. The Bertz CT molecular complexity index is 997. The van der Waals surface area contributed by atoms with Gasteiger partial charge in [0.1, 0.15) is 5.75 Å². The highest BCUT2D eigenvalue weighted by molar-refractivity contribution is 7.73. The van der Waals surface area contributed by atoms with E-state index in [9.17, 15) is 18.0 Å². The van der Waals surface area contributed by atoms with E-state index in [1.54, 1.807) is 15.9 Å². The first-order valence-corrected chi connectivity index (χ1v) is 10.2. The number of rotatable bonds is 5. The molecule has 2 aromatic rings. The second-order valence-electron chi connectivity index (χ2n) is 6.26. The lowest BCUT2D eigenvalue weighted by atomic mass is 10.1. The van der Waals surface area contributed by atoms with Gasteiger partial charge in [-0.2, -0.15) is 0 Å². The Kier molecular flexibility index (Phi) is 6.55. The minimum atomic E-state index is -2.84. The number of nitrogens with one attached hydrogen (secondary N) is 1. The van der Waals surface area contributed by atoms with Crippen molar-refractivity contribution >= 4 is 40.0 Å². The molecule has 1 aliphatic rings. The number of pyridine rings is 1. The van der Waals surface area contributed by atoms with E-state index in [2.05, 4.69) is 9.71 Å². The lowest BCUT2D eigenvalue weighted by Crippen LogP contribution is -2.50. The van der Waals surface area contributed by atoms with Crippen LogP contribution in [0.25, 0.3) is 0 Å². The van der Waals surface area contributed by atoms with E-state index in [1.165, 1.54) is 37.7 Å². The van der Waals surface area contributed by atoms with Gasteiger partial charge in [-0.1, -0.05) is 11.6 Å². The lowest BCUT2D eigenvalue weighted by molar-refractivity contribution is 0.0535. The predicted octanol–water partition coefficient (Wildman–Crippen LogP) is 1.28. The maximum absolute atomic E-state index is 12.8. The van der Waals surface area contributed by atoms with Crippen LogP contribution in [0.4, 0.5) is 5.69 Å². The second kappa shape index (κ2) is 9.10. The van der Waals surface area contributed by atoms with Crippen molar-refractivity contribution in [3.05, 3.63) is 52.8 Å². The van der Waals surface area contributed by atoms with Crippen LogP contribution in [0, 0.1) is 0 Å². The van der Waals surface area contributed by atoms with Crippen molar-refractivity contribution in [3.63, 3.8) is 0 Å². The number of carbonyl (C=O) groups is 2. The van der Waals surface area contributed by atoms with Gasteiger partial charge in [0, 0.05) is 44.1 Å². The minimum Gasteiger partial charge on any atom is -0.495 e. The van der Waals surface area contributed by atoms with Crippen molar-refractivity contribution in [3.8, 4) is 5.75 Å². The second-order valence-corrected chi connectivity index (χ2v) is 7.43. The van der Waals surface area contributed by atoms with Gasteiger partial charge >= 0.3 is 0 Å². The highest BCUT2D eigenvalue weighted by atomic mass is 35.5. The summed E-state index contributed by atoms with van der Waals surface area (Å²) >= 11 is 5.89. The quantitative estimate of drug-likeness (QED) is 0.681. The molecule has 0 aliphatic carbocycles. The molecule has 0 saturated carbocycles. The first-order valence-electron chi connectivity index (χ1n) is 8.67. The summed E-state index contributed by atoms with van der Waals surface area (Å²) in [6.07, 6.45) is 2.92. The van der Waals surface area contributed by atoms with Crippen LogP contribution >= 0.6 is 11.6 Å². The van der Waals surface area contributed by atoms with Crippen LogP contribution in [0.3, 0.4) is 0 Å². The van der Waals surface area contributed by atoms with Gasteiger partial charge in [-0.15, -0.1) is 0 Å². The first kappa shape index (κ1) is 20.9. The van der Waals surface area contributed by atoms with Crippen molar-refractivity contribution in [2.45, 2.75) is 0 Å². The van der Waals surface area contributed by atoms with E-state index in [4.69, 9.17) is 16.3 Å². The standard InChI is InChI=1S/C18H19ClN4O5S/c1-28-16-9-12(2-3-15(16)21-29(26)27)17(24)22-4-6-23(7-5-22)18(25)13-8-14(19)11-20-10-13/h2-3,8-11,29H,4-7H2,1H3,(H,21,26,27). The largest absolute Gasteiger partial charge is 0.495 e. The van der Waals surface area contributed by atoms with Gasteiger partial charge in [0.15, 0.2) is 0 Å². The van der Waals surface area contributed by atoms with Gasteiger partial charge in [-0.05, 0) is 24.3 Å². The monoisotopic (exact) mass is 438 g/mol. The Labute approximate surface area is 174 Å². The van der Waals surface area contributed by atoms with E-state index in [-0.39, 0.29) is 23.3 Å². The van der Waals surface area contributed by atoms with Crippen molar-refractivity contribution in [1.29, 1.82) is 0 Å². The molecule has 0 bridgehead atoms. The number of hydrogen-bond donors (Lipinski definition) is 2. The zero-order valence-corrected chi connectivity index (χ0v) is 17.2. The number of benzene rings is 1. The third-order valence-corrected chi connectivity index (χ3v) is 5.10. The average Bonchev–Trinajstić information content (AvgIpc) is 2.72. The molecule has 0 unspecified atom stereocenters. The Morgan fingerprint density at radius 2 is 1.66 bits per heavy atom. The molecule has 9 nitrogen and oxygen atoms in total. The molecule has 1 aromatic heterocycles. The third kappa shape index (κ3) is 4.96. The summed E-state index contributed by atoms with van der Waals surface area (Å²) in [7, 11) is -1.45. The van der Waals surface area contributed by atoms with Crippen molar-refractivity contribution in [2.24, 2.45) is 0 Å². The highest BCUT2D eigenvalue weighted by Crippen LogP contribution is 2.26. The van der Waals surface area contributed by atoms with Gasteiger partial charge < -0.3 is 14.5 Å². The number of halogens is 1. The summed E-state index contributed by atoms with van der Waals surface area (Å²) in [6, 6.07) is 6.05. The molecule has 1 fully saturated rings. The lowest BCUT2D eigenvalue weighted by Gasteiger charge is -2.35. The summed E-state index contributed by atoms with van der Waals surface area (Å²) in [5.74, 6) is -0.161. The van der Waals surface area contributed by atoms with Gasteiger partial charge in [0.2, 0.25) is 10.9 Å². The molecule has 154 valence electrons. The molecule has 0 radical (unpaired) electrons. The van der Waals surface area contributed by atoms with Gasteiger partial charge in [0.05, 0.1) is 23.4 Å². The molecule has 3 rings (SSSR count). The summed E-state index contributed by atoms with van der Waals surface area (Å²) in [4.78, 5) is 32.6. The fourth-order valence-electron chi connectivity index (χ4n) is 3.02. The molecule has 0 spiro atoms. The fourth-order valence-corrected chi connectivity index (χ4v) is 3.58. The van der Waals surface area contributed by atoms with E-state index in [1.807, 2.05) is 0 Å². The Balaban J connectivity index is 1.66. The third-order valence-electron chi connectivity index (χ3n) is 4.47. The van der Waals surface area contributed by atoms with Crippen molar-refractivity contribution in [1.82, 2.24) is 14.8 Å². The van der Waals surface area contributed by atoms with Crippen LogP contribution in [0.2, 0.25) is 5.02 Å². The van der Waals surface area contributed by atoms with E-state index < -0.39 is 10.9 Å². The molecular formula is C18H19ClN4O5S. The Morgan fingerprint density at radius 1 is 1.03 bits per heavy atom. The molecule has 1 N–H and O–H groups in total. The number of hydrogen-bond acceptors (Lipinski definition) is 6. The van der Waals surface area contributed by atoms with Crippen LogP contribution in [-0.4, -0.2) is 68.3 Å².